The van der Waals surface area contributed by atoms with Crippen molar-refractivity contribution in [1.29, 1.82) is 0 Å². The summed E-state index contributed by atoms with van der Waals surface area (Å²) < 4.78 is 0. The van der Waals surface area contributed by atoms with Gasteiger partial charge in [-0.05, 0) is 18.9 Å². The predicted octanol–water partition coefficient (Wildman–Crippen LogP) is 2.88. The number of amides is 1. The minimum absolute atomic E-state index is 0.103. The number of hydrogen-bond acceptors (Lipinski definition) is 2. The molecule has 0 aromatic heterocycles. The lowest BCUT2D eigenvalue weighted by Crippen LogP contribution is -2.21. The van der Waals surface area contributed by atoms with Gasteiger partial charge in [0.25, 0.3) is 0 Å². The van der Waals surface area contributed by atoms with E-state index in [2.05, 4.69) is 11.9 Å². The topological polar surface area (TPSA) is 66.4 Å². The van der Waals surface area contributed by atoms with Crippen LogP contribution in [0.3, 0.4) is 0 Å². The molecule has 0 radical (unpaired) electrons. The maximum Gasteiger partial charge on any atom is 0.303 e. The van der Waals surface area contributed by atoms with Crippen molar-refractivity contribution in [2.24, 2.45) is 0 Å². The van der Waals surface area contributed by atoms with E-state index in [0.717, 1.165) is 38.6 Å². The lowest BCUT2D eigenvalue weighted by molar-refractivity contribution is -0.137. The second-order valence-electron chi connectivity index (χ2n) is 4.47. The number of aliphatic carboxylic acids is 1. The van der Waals surface area contributed by atoms with E-state index >= 15 is 0 Å². The molecule has 0 atom stereocenters. The lowest BCUT2D eigenvalue weighted by Gasteiger charge is -2.03. The van der Waals surface area contributed by atoms with Crippen LogP contribution in [0.5, 0.6) is 0 Å². The maximum absolute atomic E-state index is 10.8. The largest absolute Gasteiger partial charge is 0.481 e. The van der Waals surface area contributed by atoms with Gasteiger partial charge in [-0.2, -0.15) is 0 Å². The van der Waals surface area contributed by atoms with Crippen molar-refractivity contribution < 1.29 is 14.7 Å². The molecule has 0 aromatic rings. The molecule has 0 aromatic carbocycles. The summed E-state index contributed by atoms with van der Waals surface area (Å²) in [5.74, 6) is -0.801. The van der Waals surface area contributed by atoms with Gasteiger partial charge < -0.3 is 10.4 Å². The number of rotatable bonds is 12. The van der Waals surface area contributed by atoms with Crippen molar-refractivity contribution in [2.75, 3.05) is 6.54 Å². The number of nitrogens with one attached hydrogen (secondary N) is 1. The van der Waals surface area contributed by atoms with Crippen molar-refractivity contribution in [2.45, 2.75) is 57.8 Å². The summed E-state index contributed by atoms with van der Waals surface area (Å²) in [6.45, 7) is 4.11. The fraction of sp³-hybridized carbons (Fsp3) is 0.714. The Morgan fingerprint density at radius 3 is 1.94 bits per heavy atom. The number of carboxylic acids is 1. The third kappa shape index (κ3) is 12.7. The first kappa shape index (κ1) is 16.7. The molecule has 0 rings (SSSR count). The van der Waals surface area contributed by atoms with E-state index in [9.17, 15) is 9.59 Å². The second kappa shape index (κ2) is 12.1. The summed E-state index contributed by atoms with van der Waals surface area (Å²) in [6.07, 6.45) is 10.2. The van der Waals surface area contributed by atoms with Crippen LogP contribution in [-0.4, -0.2) is 23.5 Å². The van der Waals surface area contributed by atoms with Crippen LogP contribution in [0.2, 0.25) is 0 Å². The van der Waals surface area contributed by atoms with E-state index in [1.165, 1.54) is 25.3 Å². The Morgan fingerprint density at radius 1 is 0.944 bits per heavy atom. The Hall–Kier alpha value is -1.32. The minimum atomic E-state index is -0.698. The first-order valence-corrected chi connectivity index (χ1v) is 6.79. The van der Waals surface area contributed by atoms with E-state index < -0.39 is 5.97 Å². The molecule has 0 saturated heterocycles. The number of carbonyl (C=O) groups is 2. The smallest absolute Gasteiger partial charge is 0.303 e. The standard InChI is InChI=1S/C14H25NO3/c1-2-13(16)15-12-10-8-6-4-3-5-7-9-11-14(17)18/h2H,1,3-12H2,(H,15,16)(H,17,18). The molecule has 0 saturated carbocycles. The first-order valence-electron chi connectivity index (χ1n) is 6.79. The van der Waals surface area contributed by atoms with Crippen LogP contribution in [0.4, 0.5) is 0 Å². The van der Waals surface area contributed by atoms with Crippen LogP contribution in [0, 0.1) is 0 Å². The van der Waals surface area contributed by atoms with Crippen molar-refractivity contribution in [3.05, 3.63) is 12.7 Å². The number of carbonyl (C=O) groups excluding carboxylic acids is 1. The first-order chi connectivity index (χ1) is 8.66. The van der Waals surface area contributed by atoms with Gasteiger partial charge >= 0.3 is 5.97 Å². The summed E-state index contributed by atoms with van der Waals surface area (Å²) in [5.41, 5.74) is 0. The fourth-order valence-electron chi connectivity index (χ4n) is 1.75. The van der Waals surface area contributed by atoms with Gasteiger partial charge in [-0.1, -0.05) is 45.1 Å². The third-order valence-corrected chi connectivity index (χ3v) is 2.80. The van der Waals surface area contributed by atoms with Crippen LogP contribution in [0.25, 0.3) is 0 Å². The van der Waals surface area contributed by atoms with Crippen LogP contribution in [0.15, 0.2) is 12.7 Å². The fourth-order valence-corrected chi connectivity index (χ4v) is 1.75. The third-order valence-electron chi connectivity index (χ3n) is 2.80. The Bertz CT molecular complexity index is 251. The molecule has 0 unspecified atom stereocenters. The van der Waals surface area contributed by atoms with Gasteiger partial charge in [-0.3, -0.25) is 9.59 Å². The normalized spacial score (nSPS) is 10.0. The van der Waals surface area contributed by atoms with E-state index in [1.54, 1.807) is 0 Å². The summed E-state index contributed by atoms with van der Waals surface area (Å²) in [7, 11) is 0. The molecule has 104 valence electrons. The molecule has 18 heavy (non-hydrogen) atoms. The van der Waals surface area contributed by atoms with E-state index in [-0.39, 0.29) is 5.91 Å². The van der Waals surface area contributed by atoms with Crippen LogP contribution >= 0.6 is 0 Å². The second-order valence-corrected chi connectivity index (χ2v) is 4.47. The highest BCUT2D eigenvalue weighted by Crippen LogP contribution is 2.09. The molecule has 2 N–H and O–H groups in total. The van der Waals surface area contributed by atoms with Gasteiger partial charge in [-0.25, -0.2) is 0 Å². The Balaban J connectivity index is 3.05. The average Bonchev–Trinajstić information content (AvgIpc) is 2.35. The zero-order valence-corrected chi connectivity index (χ0v) is 11.1. The summed E-state index contributed by atoms with van der Waals surface area (Å²) in [4.78, 5) is 21.1. The summed E-state index contributed by atoms with van der Waals surface area (Å²) in [5, 5.41) is 11.2. The highest BCUT2D eigenvalue weighted by Gasteiger charge is 1.97. The van der Waals surface area contributed by atoms with Crippen LogP contribution in [0.1, 0.15) is 57.8 Å². The molecule has 1 amide bonds. The summed E-state index contributed by atoms with van der Waals surface area (Å²) in [6, 6.07) is 0. The maximum atomic E-state index is 10.8. The van der Waals surface area contributed by atoms with Gasteiger partial charge in [0.05, 0.1) is 0 Å². The van der Waals surface area contributed by atoms with Crippen molar-refractivity contribution in [3.63, 3.8) is 0 Å². The van der Waals surface area contributed by atoms with E-state index in [1.807, 2.05) is 0 Å². The molecule has 0 bridgehead atoms. The van der Waals surface area contributed by atoms with Crippen molar-refractivity contribution in [1.82, 2.24) is 5.32 Å². The van der Waals surface area contributed by atoms with Crippen LogP contribution < -0.4 is 5.32 Å². The highest BCUT2D eigenvalue weighted by atomic mass is 16.4. The van der Waals surface area contributed by atoms with Gasteiger partial charge in [-0.15, -0.1) is 0 Å². The molecular formula is C14H25NO3. The molecule has 4 heteroatoms. The molecule has 4 nitrogen and oxygen atoms in total. The zero-order valence-electron chi connectivity index (χ0n) is 11.1. The van der Waals surface area contributed by atoms with Gasteiger partial charge in [0.2, 0.25) is 5.91 Å². The molecule has 0 aliphatic rings. The van der Waals surface area contributed by atoms with Crippen molar-refractivity contribution in [3.8, 4) is 0 Å². The molecule has 0 aliphatic heterocycles. The van der Waals surface area contributed by atoms with Gasteiger partial charge in [0.15, 0.2) is 0 Å². The average molecular weight is 255 g/mol. The Morgan fingerprint density at radius 2 is 1.44 bits per heavy atom. The Labute approximate surface area is 109 Å². The number of hydrogen-bond donors (Lipinski definition) is 2. The number of carboxylic acid groups (broad SMARTS) is 1. The highest BCUT2D eigenvalue weighted by molar-refractivity contribution is 5.86. The Kier molecular flexibility index (Phi) is 11.3. The minimum Gasteiger partial charge on any atom is -0.481 e. The molecule has 0 aliphatic carbocycles. The quantitative estimate of drug-likeness (QED) is 0.416. The zero-order chi connectivity index (χ0) is 13.6. The van der Waals surface area contributed by atoms with Gasteiger partial charge in [0, 0.05) is 13.0 Å². The molecule has 0 heterocycles. The predicted molar refractivity (Wildman–Crippen MR) is 72.4 cm³/mol. The molecule has 0 spiro atoms. The van der Waals surface area contributed by atoms with Gasteiger partial charge in [0.1, 0.15) is 0 Å². The summed E-state index contributed by atoms with van der Waals surface area (Å²) >= 11 is 0. The molecule has 0 fully saturated rings. The lowest BCUT2D eigenvalue weighted by atomic mass is 10.1. The molecular weight excluding hydrogens is 230 g/mol. The number of unbranched alkanes of at least 4 members (excludes halogenated alkanes) is 7. The monoisotopic (exact) mass is 255 g/mol. The van der Waals surface area contributed by atoms with E-state index in [4.69, 9.17) is 5.11 Å². The van der Waals surface area contributed by atoms with Crippen LogP contribution in [-0.2, 0) is 9.59 Å². The SMILES string of the molecule is C=CC(=O)NCCCCCCCCCCC(=O)O. The van der Waals surface area contributed by atoms with Crippen molar-refractivity contribution >= 4 is 11.9 Å². The van der Waals surface area contributed by atoms with E-state index in [0.29, 0.717) is 6.42 Å².